The highest BCUT2D eigenvalue weighted by molar-refractivity contribution is 14.1. The molecule has 2 nitrogen and oxygen atoms in total. The minimum Gasteiger partial charge on any atom is -0.339 e. The van der Waals surface area contributed by atoms with Gasteiger partial charge in [0.15, 0.2) is 0 Å². The number of benzene rings is 1. The monoisotopic (exact) mass is 398 g/mol. The molecule has 0 atom stereocenters. The number of anilines is 2. The molecule has 0 saturated heterocycles. The van der Waals surface area contributed by atoms with Gasteiger partial charge in [-0.25, -0.2) is 4.98 Å². The number of alkyl halides is 3. The molecule has 1 aromatic carbocycles. The second-order valence-corrected chi connectivity index (χ2v) is 5.22. The van der Waals surface area contributed by atoms with Crippen LogP contribution in [0.4, 0.5) is 24.7 Å². The first-order valence-electron chi connectivity index (χ1n) is 5.12. The minimum absolute atomic E-state index is 0.0592. The minimum atomic E-state index is -4.45. The third kappa shape index (κ3) is 3.73. The van der Waals surface area contributed by atoms with E-state index in [0.29, 0.717) is 5.69 Å². The third-order valence-corrected chi connectivity index (χ3v) is 3.39. The van der Waals surface area contributed by atoms with Crippen molar-refractivity contribution in [1.82, 2.24) is 4.98 Å². The van der Waals surface area contributed by atoms with E-state index in [9.17, 15) is 13.2 Å². The molecule has 1 N–H and O–H groups in total. The Morgan fingerprint density at radius 1 is 1.16 bits per heavy atom. The molecule has 100 valence electrons. The van der Waals surface area contributed by atoms with Crippen LogP contribution in [0.1, 0.15) is 5.56 Å². The van der Waals surface area contributed by atoms with E-state index in [1.54, 1.807) is 12.1 Å². The number of nitrogens with one attached hydrogen (secondary N) is 1. The van der Waals surface area contributed by atoms with E-state index in [1.165, 1.54) is 0 Å². The zero-order valence-electron chi connectivity index (χ0n) is 9.30. The Balaban J connectivity index is 2.36. The quantitative estimate of drug-likeness (QED) is 0.562. The zero-order valence-corrected chi connectivity index (χ0v) is 12.2. The number of aromatic nitrogens is 1. The third-order valence-electron chi connectivity index (χ3n) is 2.26. The Morgan fingerprint density at radius 2 is 1.84 bits per heavy atom. The summed E-state index contributed by atoms with van der Waals surface area (Å²) < 4.78 is 38.8. The van der Waals surface area contributed by atoms with Crippen molar-refractivity contribution < 1.29 is 13.2 Å². The van der Waals surface area contributed by atoms with Gasteiger partial charge in [0.2, 0.25) is 0 Å². The summed E-state index contributed by atoms with van der Waals surface area (Å²) in [5.74, 6) is 0.0592. The van der Waals surface area contributed by atoms with Gasteiger partial charge >= 0.3 is 6.18 Å². The Bertz CT molecular complexity index is 602. The molecular weight excluding hydrogens is 391 g/mol. The summed E-state index contributed by atoms with van der Waals surface area (Å²) in [6.45, 7) is 0. The van der Waals surface area contributed by atoms with E-state index in [2.05, 4.69) is 32.9 Å². The van der Waals surface area contributed by atoms with Crippen molar-refractivity contribution in [2.24, 2.45) is 0 Å². The molecule has 7 heteroatoms. The van der Waals surface area contributed by atoms with Crippen LogP contribution in [0.5, 0.6) is 0 Å². The molecule has 0 spiro atoms. The van der Waals surface area contributed by atoms with Crippen molar-refractivity contribution >= 4 is 45.7 Å². The lowest BCUT2D eigenvalue weighted by Gasteiger charge is -2.11. The van der Waals surface area contributed by atoms with Crippen molar-refractivity contribution in [3.63, 3.8) is 0 Å². The Labute approximate surface area is 126 Å². The van der Waals surface area contributed by atoms with Crippen LogP contribution < -0.4 is 5.32 Å². The summed E-state index contributed by atoms with van der Waals surface area (Å²) in [6, 6.07) is 8.91. The summed E-state index contributed by atoms with van der Waals surface area (Å²) in [6.07, 6.45) is -4.45. The zero-order chi connectivity index (χ0) is 14.0. The number of halogens is 5. The number of rotatable bonds is 2. The van der Waals surface area contributed by atoms with Gasteiger partial charge in [0.1, 0.15) is 11.0 Å². The maximum absolute atomic E-state index is 12.7. The predicted molar refractivity (Wildman–Crippen MR) is 76.7 cm³/mol. The molecule has 0 saturated carbocycles. The first kappa shape index (κ1) is 14.4. The van der Waals surface area contributed by atoms with E-state index >= 15 is 0 Å². The summed E-state index contributed by atoms with van der Waals surface area (Å²) in [5, 5.41) is 2.62. The highest BCUT2D eigenvalue weighted by atomic mass is 127. The number of hydrogen-bond donors (Lipinski definition) is 1. The van der Waals surface area contributed by atoms with Gasteiger partial charge in [0, 0.05) is 3.57 Å². The molecule has 0 aliphatic carbocycles. The highest BCUT2D eigenvalue weighted by Gasteiger charge is 2.31. The summed E-state index contributed by atoms with van der Waals surface area (Å²) in [7, 11) is 0. The van der Waals surface area contributed by atoms with Crippen molar-refractivity contribution in [1.29, 1.82) is 0 Å². The fourth-order valence-corrected chi connectivity index (χ4v) is 2.16. The molecule has 0 radical (unpaired) electrons. The SMILES string of the molecule is FC(F)(F)c1cc(Cl)nc(Nc2ccccc2I)c1. The molecule has 1 aromatic heterocycles. The van der Waals surface area contributed by atoms with Crippen LogP contribution in [0.15, 0.2) is 36.4 Å². The smallest absolute Gasteiger partial charge is 0.339 e. The number of nitrogens with zero attached hydrogens (tertiary/aromatic N) is 1. The topological polar surface area (TPSA) is 24.9 Å². The van der Waals surface area contributed by atoms with E-state index in [-0.39, 0.29) is 11.0 Å². The summed E-state index contributed by atoms with van der Waals surface area (Å²) >= 11 is 7.68. The molecule has 1 heterocycles. The first-order chi connectivity index (χ1) is 8.86. The van der Waals surface area contributed by atoms with E-state index in [0.717, 1.165) is 15.7 Å². The van der Waals surface area contributed by atoms with Crippen LogP contribution in [-0.4, -0.2) is 4.98 Å². The van der Waals surface area contributed by atoms with Crippen molar-refractivity contribution in [3.8, 4) is 0 Å². The molecule has 2 aromatic rings. The Kier molecular flexibility index (Phi) is 4.19. The van der Waals surface area contributed by atoms with Crippen LogP contribution in [0.2, 0.25) is 5.15 Å². The van der Waals surface area contributed by atoms with Gasteiger partial charge in [0.05, 0.1) is 11.3 Å². The molecule has 0 aliphatic heterocycles. The van der Waals surface area contributed by atoms with Crippen molar-refractivity contribution in [3.05, 3.63) is 50.7 Å². The molecule has 0 bridgehead atoms. The fourth-order valence-electron chi connectivity index (χ4n) is 1.43. The fraction of sp³-hybridized carbons (Fsp3) is 0.0833. The molecule has 0 fully saturated rings. The highest BCUT2D eigenvalue weighted by Crippen LogP contribution is 2.33. The van der Waals surface area contributed by atoms with Gasteiger partial charge in [-0.15, -0.1) is 0 Å². The van der Waals surface area contributed by atoms with Gasteiger partial charge < -0.3 is 5.32 Å². The first-order valence-corrected chi connectivity index (χ1v) is 6.58. The van der Waals surface area contributed by atoms with Crippen LogP contribution in [-0.2, 0) is 6.18 Å². The van der Waals surface area contributed by atoms with Gasteiger partial charge in [-0.1, -0.05) is 23.7 Å². The maximum atomic E-state index is 12.7. The van der Waals surface area contributed by atoms with E-state index < -0.39 is 11.7 Å². The number of pyridine rings is 1. The lowest BCUT2D eigenvalue weighted by atomic mass is 10.2. The molecule has 2 rings (SSSR count). The van der Waals surface area contributed by atoms with Gasteiger partial charge in [0.25, 0.3) is 0 Å². The molecule has 19 heavy (non-hydrogen) atoms. The van der Waals surface area contributed by atoms with E-state index in [1.807, 2.05) is 12.1 Å². The normalized spacial score (nSPS) is 11.4. The summed E-state index contributed by atoms with van der Waals surface area (Å²) in [4.78, 5) is 3.83. The molecule has 0 amide bonds. The van der Waals surface area contributed by atoms with Crippen LogP contribution in [0.25, 0.3) is 0 Å². The average molecular weight is 399 g/mol. The Morgan fingerprint density at radius 3 is 2.47 bits per heavy atom. The lowest BCUT2D eigenvalue weighted by molar-refractivity contribution is -0.137. The van der Waals surface area contributed by atoms with Gasteiger partial charge in [-0.3, -0.25) is 0 Å². The molecule has 0 unspecified atom stereocenters. The van der Waals surface area contributed by atoms with Gasteiger partial charge in [-0.05, 0) is 46.9 Å². The average Bonchev–Trinajstić information content (AvgIpc) is 2.30. The summed E-state index contributed by atoms with van der Waals surface area (Å²) in [5.41, 5.74) is -0.160. The largest absolute Gasteiger partial charge is 0.416 e. The van der Waals surface area contributed by atoms with Crippen molar-refractivity contribution in [2.45, 2.75) is 6.18 Å². The van der Waals surface area contributed by atoms with Crippen LogP contribution in [0, 0.1) is 3.57 Å². The van der Waals surface area contributed by atoms with E-state index in [4.69, 9.17) is 11.6 Å². The second kappa shape index (κ2) is 5.54. The predicted octanol–water partition coefficient (Wildman–Crippen LogP) is 5.10. The standard InChI is InChI=1S/C12H7ClF3IN2/c13-10-5-7(12(14,15)16)6-11(19-10)18-9-4-2-1-3-8(9)17/h1-6H,(H,18,19). The number of hydrogen-bond acceptors (Lipinski definition) is 2. The van der Waals surface area contributed by atoms with Crippen molar-refractivity contribution in [2.75, 3.05) is 5.32 Å². The van der Waals surface area contributed by atoms with Crippen LogP contribution >= 0.6 is 34.2 Å². The second-order valence-electron chi connectivity index (χ2n) is 3.67. The maximum Gasteiger partial charge on any atom is 0.416 e. The van der Waals surface area contributed by atoms with Gasteiger partial charge in [-0.2, -0.15) is 13.2 Å². The number of para-hydroxylation sites is 1. The Hall–Kier alpha value is -1.02. The molecule has 0 aliphatic rings. The lowest BCUT2D eigenvalue weighted by Crippen LogP contribution is -2.07. The molecular formula is C12H7ClF3IN2. The van der Waals surface area contributed by atoms with Crippen LogP contribution in [0.3, 0.4) is 0 Å².